The molecule has 0 saturated heterocycles. The largest absolute Gasteiger partial charge is 0.444 e. The molecule has 0 spiro atoms. The smallest absolute Gasteiger partial charge is 0.334 e. The molecule has 11 heavy (non-hydrogen) atoms. The number of hydrogen-bond acceptors (Lipinski definition) is 3. The zero-order valence-electron chi connectivity index (χ0n) is 6.76. The highest BCUT2D eigenvalue weighted by atomic mass is 16.5. The SMILES string of the molecule is C=C(C)C(=O)OC(C#N)CC. The van der Waals surface area contributed by atoms with Gasteiger partial charge in [0.2, 0.25) is 0 Å². The summed E-state index contributed by atoms with van der Waals surface area (Å²) in [5.41, 5.74) is 0.318. The van der Waals surface area contributed by atoms with Gasteiger partial charge in [-0.3, -0.25) is 0 Å². The van der Waals surface area contributed by atoms with Crippen molar-refractivity contribution in [1.82, 2.24) is 0 Å². The molecule has 0 aromatic carbocycles. The van der Waals surface area contributed by atoms with Crippen molar-refractivity contribution in [3.8, 4) is 6.07 Å². The van der Waals surface area contributed by atoms with Crippen LogP contribution in [0.2, 0.25) is 0 Å². The molecule has 3 heteroatoms. The number of nitrogens with zero attached hydrogens (tertiary/aromatic N) is 1. The van der Waals surface area contributed by atoms with E-state index < -0.39 is 12.1 Å². The summed E-state index contributed by atoms with van der Waals surface area (Å²) >= 11 is 0. The third kappa shape index (κ3) is 3.41. The maximum atomic E-state index is 10.8. The van der Waals surface area contributed by atoms with Crippen LogP contribution < -0.4 is 0 Å². The van der Waals surface area contributed by atoms with Crippen LogP contribution in [0, 0.1) is 11.3 Å². The molecule has 0 rings (SSSR count). The highest BCUT2D eigenvalue weighted by molar-refractivity contribution is 5.87. The first kappa shape index (κ1) is 9.70. The van der Waals surface area contributed by atoms with Gasteiger partial charge < -0.3 is 4.74 Å². The Kier molecular flexibility index (Phi) is 3.97. The molecule has 0 bridgehead atoms. The summed E-state index contributed by atoms with van der Waals surface area (Å²) in [6, 6.07) is 1.85. The van der Waals surface area contributed by atoms with Gasteiger partial charge in [0, 0.05) is 5.57 Å². The minimum atomic E-state index is -0.640. The summed E-state index contributed by atoms with van der Waals surface area (Å²) in [5, 5.41) is 8.40. The summed E-state index contributed by atoms with van der Waals surface area (Å²) < 4.78 is 4.71. The molecular weight excluding hydrogens is 142 g/mol. The monoisotopic (exact) mass is 153 g/mol. The van der Waals surface area contributed by atoms with Crippen LogP contribution in [0.15, 0.2) is 12.2 Å². The van der Waals surface area contributed by atoms with E-state index in [1.54, 1.807) is 13.8 Å². The van der Waals surface area contributed by atoms with Gasteiger partial charge in [0.05, 0.1) is 0 Å². The molecule has 0 aromatic heterocycles. The fourth-order valence-corrected chi connectivity index (χ4v) is 0.431. The van der Waals surface area contributed by atoms with Gasteiger partial charge >= 0.3 is 5.97 Å². The standard InChI is InChI=1S/C8H11NO2/c1-4-7(5-9)11-8(10)6(2)3/h7H,2,4H2,1,3H3. The zero-order chi connectivity index (χ0) is 8.85. The average Bonchev–Trinajstić information content (AvgIpc) is 1.99. The fraction of sp³-hybridized carbons (Fsp3) is 0.500. The normalized spacial score (nSPS) is 11.4. The Morgan fingerprint density at radius 2 is 2.36 bits per heavy atom. The molecule has 1 unspecified atom stereocenters. The molecule has 0 aliphatic carbocycles. The van der Waals surface area contributed by atoms with Crippen LogP contribution in [0.4, 0.5) is 0 Å². The first-order chi connectivity index (χ1) is 5.11. The van der Waals surface area contributed by atoms with E-state index in [0.717, 1.165) is 0 Å². The number of esters is 1. The number of carbonyl (C=O) groups excluding carboxylic acids is 1. The van der Waals surface area contributed by atoms with Crippen molar-refractivity contribution in [3.05, 3.63) is 12.2 Å². The van der Waals surface area contributed by atoms with E-state index in [1.165, 1.54) is 0 Å². The average molecular weight is 153 g/mol. The van der Waals surface area contributed by atoms with E-state index in [0.29, 0.717) is 12.0 Å². The van der Waals surface area contributed by atoms with Gasteiger partial charge in [-0.1, -0.05) is 13.5 Å². The lowest BCUT2D eigenvalue weighted by Gasteiger charge is -2.06. The number of carbonyl (C=O) groups is 1. The molecule has 0 fully saturated rings. The topological polar surface area (TPSA) is 50.1 Å². The van der Waals surface area contributed by atoms with Crippen LogP contribution in [0.5, 0.6) is 0 Å². The van der Waals surface area contributed by atoms with E-state index in [9.17, 15) is 4.79 Å². The van der Waals surface area contributed by atoms with Gasteiger partial charge in [-0.05, 0) is 13.3 Å². The van der Waals surface area contributed by atoms with Gasteiger partial charge in [0.15, 0.2) is 6.10 Å². The molecule has 1 atom stereocenters. The molecule has 0 heterocycles. The number of hydrogen-bond donors (Lipinski definition) is 0. The highest BCUT2D eigenvalue weighted by Gasteiger charge is 2.10. The molecule has 0 saturated carbocycles. The molecule has 0 aliphatic heterocycles. The quantitative estimate of drug-likeness (QED) is 0.455. The van der Waals surface area contributed by atoms with Gasteiger partial charge in [0.25, 0.3) is 0 Å². The second kappa shape index (κ2) is 4.51. The number of nitriles is 1. The van der Waals surface area contributed by atoms with Gasteiger partial charge in [-0.2, -0.15) is 5.26 Å². The third-order valence-corrected chi connectivity index (χ3v) is 1.11. The summed E-state index contributed by atoms with van der Waals surface area (Å²) in [5.74, 6) is -0.501. The highest BCUT2D eigenvalue weighted by Crippen LogP contribution is 2.00. The molecular formula is C8H11NO2. The van der Waals surface area contributed by atoms with Crippen molar-refractivity contribution in [2.45, 2.75) is 26.4 Å². The number of rotatable bonds is 3. The van der Waals surface area contributed by atoms with Gasteiger partial charge in [0.1, 0.15) is 6.07 Å². The lowest BCUT2D eigenvalue weighted by Crippen LogP contribution is -2.15. The molecule has 0 amide bonds. The molecule has 0 radical (unpaired) electrons. The Labute approximate surface area is 66.3 Å². The first-order valence-corrected chi connectivity index (χ1v) is 3.38. The first-order valence-electron chi connectivity index (χ1n) is 3.38. The summed E-state index contributed by atoms with van der Waals surface area (Å²) in [4.78, 5) is 10.8. The Morgan fingerprint density at radius 3 is 2.64 bits per heavy atom. The lowest BCUT2D eigenvalue weighted by molar-refractivity contribution is -0.141. The molecule has 0 aromatic rings. The van der Waals surface area contributed by atoms with Crippen LogP contribution in [0.25, 0.3) is 0 Å². The van der Waals surface area contributed by atoms with Gasteiger partial charge in [-0.25, -0.2) is 4.79 Å². The van der Waals surface area contributed by atoms with Crippen molar-refractivity contribution in [1.29, 1.82) is 5.26 Å². The van der Waals surface area contributed by atoms with Crippen molar-refractivity contribution in [3.63, 3.8) is 0 Å². The fourth-order valence-electron chi connectivity index (χ4n) is 0.431. The zero-order valence-corrected chi connectivity index (χ0v) is 6.76. The minimum absolute atomic E-state index is 0.318. The van der Waals surface area contributed by atoms with Crippen LogP contribution >= 0.6 is 0 Å². The predicted octanol–water partition coefficient (Wildman–Crippen LogP) is 1.41. The number of ether oxygens (including phenoxy) is 1. The van der Waals surface area contributed by atoms with E-state index in [2.05, 4.69) is 6.58 Å². The Bertz CT molecular complexity index is 203. The lowest BCUT2D eigenvalue weighted by atomic mass is 10.3. The van der Waals surface area contributed by atoms with Crippen molar-refractivity contribution < 1.29 is 9.53 Å². The van der Waals surface area contributed by atoms with Gasteiger partial charge in [-0.15, -0.1) is 0 Å². The molecule has 3 nitrogen and oxygen atoms in total. The predicted molar refractivity (Wildman–Crippen MR) is 40.6 cm³/mol. The molecule has 0 aliphatic rings. The van der Waals surface area contributed by atoms with Crippen molar-refractivity contribution in [2.24, 2.45) is 0 Å². The Morgan fingerprint density at radius 1 is 1.82 bits per heavy atom. The summed E-state index contributed by atoms with van der Waals surface area (Å²) in [6.07, 6.45) is -0.130. The maximum absolute atomic E-state index is 10.8. The maximum Gasteiger partial charge on any atom is 0.334 e. The van der Waals surface area contributed by atoms with Crippen molar-refractivity contribution in [2.75, 3.05) is 0 Å². The third-order valence-electron chi connectivity index (χ3n) is 1.11. The van der Waals surface area contributed by atoms with Crippen LogP contribution in [-0.2, 0) is 9.53 Å². The Balaban J connectivity index is 3.94. The van der Waals surface area contributed by atoms with Crippen LogP contribution in [0.3, 0.4) is 0 Å². The Hall–Kier alpha value is -1.30. The second-order valence-electron chi connectivity index (χ2n) is 2.21. The molecule has 60 valence electrons. The van der Waals surface area contributed by atoms with E-state index in [1.807, 2.05) is 6.07 Å². The summed E-state index contributed by atoms with van der Waals surface area (Å²) in [6.45, 7) is 6.72. The van der Waals surface area contributed by atoms with E-state index >= 15 is 0 Å². The van der Waals surface area contributed by atoms with Crippen LogP contribution in [0.1, 0.15) is 20.3 Å². The van der Waals surface area contributed by atoms with E-state index in [4.69, 9.17) is 10.00 Å². The van der Waals surface area contributed by atoms with E-state index in [-0.39, 0.29) is 0 Å². The van der Waals surface area contributed by atoms with Crippen molar-refractivity contribution >= 4 is 5.97 Å². The molecule has 0 N–H and O–H groups in total. The minimum Gasteiger partial charge on any atom is -0.444 e. The van der Waals surface area contributed by atoms with Crippen LogP contribution in [-0.4, -0.2) is 12.1 Å². The second-order valence-corrected chi connectivity index (χ2v) is 2.21. The summed E-state index contributed by atoms with van der Waals surface area (Å²) in [7, 11) is 0.